The summed E-state index contributed by atoms with van der Waals surface area (Å²) in [6.07, 6.45) is -4.36. The van der Waals surface area contributed by atoms with Crippen molar-refractivity contribution in [2.45, 2.75) is 6.18 Å². The number of benzene rings is 1. The third-order valence-electron chi connectivity index (χ3n) is 1.68. The summed E-state index contributed by atoms with van der Waals surface area (Å²) in [5, 5.41) is 0. The quantitative estimate of drug-likeness (QED) is 0.599. The molecule has 0 aromatic heterocycles. The van der Waals surface area contributed by atoms with E-state index in [2.05, 4.69) is 12.6 Å². The number of carbonyl (C=O) groups excluding carboxylic acids is 1. The van der Waals surface area contributed by atoms with Crippen LogP contribution in [0.4, 0.5) is 13.2 Å². The van der Waals surface area contributed by atoms with Gasteiger partial charge in [-0.05, 0) is 12.1 Å². The normalized spacial score (nSPS) is 11.4. The highest BCUT2D eigenvalue weighted by atomic mass is 32.1. The predicted octanol–water partition coefficient (Wildman–Crippen LogP) is 2.82. The van der Waals surface area contributed by atoms with Crippen LogP contribution in [0.5, 0.6) is 0 Å². The lowest BCUT2D eigenvalue weighted by Crippen LogP contribution is -2.06. The molecule has 0 spiro atoms. The lowest BCUT2D eigenvalue weighted by molar-refractivity contribution is -0.137. The summed E-state index contributed by atoms with van der Waals surface area (Å²) in [7, 11) is 0. The highest BCUT2D eigenvalue weighted by molar-refractivity contribution is 7.81. The van der Waals surface area contributed by atoms with Crippen molar-refractivity contribution in [3.63, 3.8) is 0 Å². The summed E-state index contributed by atoms with van der Waals surface area (Å²) in [5.41, 5.74) is -0.513. The molecule has 0 unspecified atom stereocenters. The van der Waals surface area contributed by atoms with E-state index in [1.165, 1.54) is 0 Å². The van der Waals surface area contributed by atoms with Crippen molar-refractivity contribution in [1.82, 2.24) is 0 Å². The van der Waals surface area contributed by atoms with E-state index in [9.17, 15) is 18.0 Å². The fourth-order valence-corrected chi connectivity index (χ4v) is 1.12. The molecule has 0 N–H and O–H groups in total. The number of Topliss-reactive ketones (excluding diaryl/α,β-unsaturated/α-hetero) is 1. The molecule has 0 saturated carbocycles. The predicted molar refractivity (Wildman–Crippen MR) is 49.6 cm³/mol. The van der Waals surface area contributed by atoms with Crippen molar-refractivity contribution in [2.75, 3.05) is 5.75 Å². The van der Waals surface area contributed by atoms with Crippen LogP contribution in [0.2, 0.25) is 0 Å². The third kappa shape index (κ3) is 2.51. The third-order valence-corrected chi connectivity index (χ3v) is 1.97. The topological polar surface area (TPSA) is 17.1 Å². The first-order chi connectivity index (χ1) is 6.45. The van der Waals surface area contributed by atoms with Crippen LogP contribution in [0.25, 0.3) is 0 Å². The summed E-state index contributed by atoms with van der Waals surface area (Å²) in [6, 6.07) is 4.08. The first kappa shape index (κ1) is 11.1. The first-order valence-corrected chi connectivity index (χ1v) is 4.39. The number of hydrogen-bond acceptors (Lipinski definition) is 2. The maximum Gasteiger partial charge on any atom is 0.416 e. The highest BCUT2D eigenvalue weighted by Crippen LogP contribution is 2.29. The molecule has 0 heterocycles. The second-order valence-electron chi connectivity index (χ2n) is 2.66. The lowest BCUT2D eigenvalue weighted by Gasteiger charge is -2.06. The van der Waals surface area contributed by atoms with E-state index < -0.39 is 11.7 Å². The fraction of sp³-hybridized carbons (Fsp3) is 0.222. The van der Waals surface area contributed by atoms with Gasteiger partial charge in [0, 0.05) is 5.56 Å². The van der Waals surface area contributed by atoms with Crippen LogP contribution in [0.1, 0.15) is 15.9 Å². The van der Waals surface area contributed by atoms with E-state index in [-0.39, 0.29) is 17.1 Å². The minimum atomic E-state index is -4.36. The number of rotatable bonds is 2. The van der Waals surface area contributed by atoms with Gasteiger partial charge in [0.15, 0.2) is 5.78 Å². The molecule has 1 nitrogen and oxygen atoms in total. The Hall–Kier alpha value is -0.970. The Morgan fingerprint density at radius 1 is 1.21 bits per heavy atom. The van der Waals surface area contributed by atoms with Gasteiger partial charge in [-0.1, -0.05) is 12.1 Å². The largest absolute Gasteiger partial charge is 0.416 e. The fourth-order valence-electron chi connectivity index (χ4n) is 0.936. The van der Waals surface area contributed by atoms with Gasteiger partial charge >= 0.3 is 6.18 Å². The Morgan fingerprint density at radius 2 is 1.71 bits per heavy atom. The summed E-state index contributed by atoms with van der Waals surface area (Å²) < 4.78 is 36.3. The van der Waals surface area contributed by atoms with Gasteiger partial charge in [-0.2, -0.15) is 25.8 Å². The molecule has 0 radical (unpaired) electrons. The monoisotopic (exact) mass is 220 g/mol. The molecule has 14 heavy (non-hydrogen) atoms. The van der Waals surface area contributed by atoms with Crippen LogP contribution in [-0.2, 0) is 6.18 Å². The maximum atomic E-state index is 12.1. The smallest absolute Gasteiger partial charge is 0.293 e. The molecule has 0 aliphatic carbocycles. The minimum absolute atomic E-state index is 0.00857. The van der Waals surface area contributed by atoms with Crippen molar-refractivity contribution >= 4 is 18.4 Å². The first-order valence-electron chi connectivity index (χ1n) is 3.76. The zero-order chi connectivity index (χ0) is 10.8. The summed E-state index contributed by atoms with van der Waals surface area (Å²) in [4.78, 5) is 11.0. The van der Waals surface area contributed by atoms with Crippen molar-refractivity contribution in [1.29, 1.82) is 0 Å². The molecule has 0 bridgehead atoms. The van der Waals surface area contributed by atoms with Gasteiger partial charge < -0.3 is 0 Å². The van der Waals surface area contributed by atoms with E-state index in [0.717, 1.165) is 24.3 Å². The molecule has 1 aromatic rings. The average Bonchev–Trinajstić information content (AvgIpc) is 2.15. The summed E-state index contributed by atoms with van der Waals surface area (Å²) in [5.74, 6) is -0.298. The van der Waals surface area contributed by atoms with Crippen molar-refractivity contribution in [3.05, 3.63) is 35.4 Å². The molecular formula is C9H7F3OS. The second-order valence-corrected chi connectivity index (χ2v) is 2.97. The van der Waals surface area contributed by atoms with Crippen molar-refractivity contribution in [2.24, 2.45) is 0 Å². The van der Waals surface area contributed by atoms with E-state index in [4.69, 9.17) is 0 Å². The summed E-state index contributed by atoms with van der Waals surface area (Å²) >= 11 is 3.74. The molecule has 0 saturated heterocycles. The van der Waals surface area contributed by atoms with Gasteiger partial charge in [0.05, 0.1) is 11.3 Å². The van der Waals surface area contributed by atoms with Crippen LogP contribution >= 0.6 is 12.6 Å². The molecular weight excluding hydrogens is 213 g/mol. The number of ketones is 1. The molecule has 0 aliphatic rings. The zero-order valence-electron chi connectivity index (χ0n) is 7.01. The van der Waals surface area contributed by atoms with Gasteiger partial charge in [0.1, 0.15) is 0 Å². The van der Waals surface area contributed by atoms with Gasteiger partial charge in [-0.25, -0.2) is 0 Å². The van der Waals surface area contributed by atoms with Gasteiger partial charge in [0.25, 0.3) is 0 Å². The van der Waals surface area contributed by atoms with Crippen molar-refractivity contribution < 1.29 is 18.0 Å². The highest BCUT2D eigenvalue weighted by Gasteiger charge is 2.30. The van der Waals surface area contributed by atoms with Gasteiger partial charge in [0.2, 0.25) is 0 Å². The van der Waals surface area contributed by atoms with Crippen LogP contribution < -0.4 is 0 Å². The molecule has 0 fully saturated rings. The maximum absolute atomic E-state index is 12.1. The summed E-state index contributed by atoms with van der Waals surface area (Å²) in [6.45, 7) is 0. The Balaban J connectivity index is 2.95. The van der Waals surface area contributed by atoms with Crippen molar-refractivity contribution in [3.8, 4) is 0 Å². The molecule has 0 aliphatic heterocycles. The number of carbonyl (C=O) groups is 1. The van der Waals surface area contributed by atoms with E-state index in [0.29, 0.717) is 0 Å². The van der Waals surface area contributed by atoms with Crippen LogP contribution in [0.3, 0.4) is 0 Å². The lowest BCUT2D eigenvalue weighted by atomic mass is 10.1. The number of hydrogen-bond donors (Lipinski definition) is 1. The van der Waals surface area contributed by atoms with E-state index >= 15 is 0 Å². The van der Waals surface area contributed by atoms with Crippen LogP contribution in [0.15, 0.2) is 24.3 Å². The van der Waals surface area contributed by atoms with E-state index in [1.807, 2.05) is 0 Å². The molecule has 0 amide bonds. The van der Waals surface area contributed by atoms with Gasteiger partial charge in [-0.15, -0.1) is 0 Å². The Kier molecular flexibility index (Phi) is 3.21. The molecule has 1 rings (SSSR count). The zero-order valence-corrected chi connectivity index (χ0v) is 7.90. The molecule has 76 valence electrons. The number of thiol groups is 1. The van der Waals surface area contributed by atoms with Crippen LogP contribution in [-0.4, -0.2) is 11.5 Å². The molecule has 5 heteroatoms. The average molecular weight is 220 g/mol. The standard InChI is InChI=1S/C9H7F3OS/c10-9(11,12)7-3-1-6(2-4-7)8(13)5-14/h1-4,14H,5H2. The second kappa shape index (κ2) is 4.04. The Morgan fingerprint density at radius 3 is 2.07 bits per heavy atom. The Labute approximate surface area is 84.3 Å². The van der Waals surface area contributed by atoms with E-state index in [1.54, 1.807) is 0 Å². The van der Waals surface area contributed by atoms with Crippen LogP contribution in [0, 0.1) is 0 Å². The molecule has 1 aromatic carbocycles. The number of alkyl halides is 3. The SMILES string of the molecule is O=C(CS)c1ccc(C(F)(F)F)cc1. The minimum Gasteiger partial charge on any atom is -0.293 e. The molecule has 0 atom stereocenters. The van der Waals surface area contributed by atoms with Gasteiger partial charge in [-0.3, -0.25) is 4.79 Å². The number of halogens is 3. The Bertz CT molecular complexity index is 329.